The average Bonchev–Trinajstić information content (AvgIpc) is 2.40. The van der Waals surface area contributed by atoms with Crippen LogP contribution in [0.2, 0.25) is 5.15 Å². The van der Waals surface area contributed by atoms with E-state index in [2.05, 4.69) is 25.8 Å². The fourth-order valence-electron chi connectivity index (χ4n) is 3.13. The van der Waals surface area contributed by atoms with E-state index in [1.807, 2.05) is 13.0 Å². The molecule has 1 aromatic heterocycles. The second-order valence-electron chi connectivity index (χ2n) is 6.71. The first-order valence-corrected chi connectivity index (χ1v) is 8.51. The molecule has 2 rings (SSSR count). The molecule has 118 valence electrons. The summed E-state index contributed by atoms with van der Waals surface area (Å²) in [5, 5.41) is 0.536. The molecule has 0 unspecified atom stereocenters. The highest BCUT2D eigenvalue weighted by Gasteiger charge is 2.39. The SMILES string of the molecule is CCOC1(c2nc(Cl)cc(CC(C)C)n2)CCC(C)CC1. The molecule has 1 heterocycles. The van der Waals surface area contributed by atoms with Crippen LogP contribution in [-0.2, 0) is 16.8 Å². The minimum Gasteiger partial charge on any atom is -0.367 e. The van der Waals surface area contributed by atoms with Gasteiger partial charge in [-0.3, -0.25) is 0 Å². The standard InChI is InChI=1S/C17H27ClN2O/c1-5-21-17(8-6-13(4)7-9-17)16-19-14(10-12(2)3)11-15(18)20-16/h11-13H,5-10H2,1-4H3. The van der Waals surface area contributed by atoms with Crippen molar-refractivity contribution in [2.75, 3.05) is 6.61 Å². The molecule has 4 heteroatoms. The smallest absolute Gasteiger partial charge is 0.162 e. The Hall–Kier alpha value is -0.670. The minimum atomic E-state index is -0.335. The Bertz CT molecular complexity index is 468. The van der Waals surface area contributed by atoms with Gasteiger partial charge in [-0.15, -0.1) is 0 Å². The van der Waals surface area contributed by atoms with Crippen LogP contribution in [0.15, 0.2) is 6.07 Å². The lowest BCUT2D eigenvalue weighted by Gasteiger charge is -2.38. The highest BCUT2D eigenvalue weighted by atomic mass is 35.5. The van der Waals surface area contributed by atoms with Gasteiger partial charge in [-0.25, -0.2) is 9.97 Å². The van der Waals surface area contributed by atoms with E-state index in [4.69, 9.17) is 21.3 Å². The van der Waals surface area contributed by atoms with Crippen molar-refractivity contribution in [3.63, 3.8) is 0 Å². The number of aromatic nitrogens is 2. The summed E-state index contributed by atoms with van der Waals surface area (Å²) in [5.41, 5.74) is 0.690. The molecule has 0 atom stereocenters. The third kappa shape index (κ3) is 4.17. The predicted molar refractivity (Wildman–Crippen MR) is 86.5 cm³/mol. The molecular weight excluding hydrogens is 284 g/mol. The Morgan fingerprint density at radius 3 is 2.57 bits per heavy atom. The van der Waals surface area contributed by atoms with Gasteiger partial charge in [0.05, 0.1) is 0 Å². The largest absolute Gasteiger partial charge is 0.367 e. The summed E-state index contributed by atoms with van der Waals surface area (Å²) in [6, 6.07) is 1.89. The van der Waals surface area contributed by atoms with E-state index >= 15 is 0 Å². The summed E-state index contributed by atoms with van der Waals surface area (Å²) >= 11 is 6.24. The molecule has 0 aromatic carbocycles. The molecule has 1 aliphatic rings. The van der Waals surface area contributed by atoms with Gasteiger partial charge < -0.3 is 4.74 Å². The van der Waals surface area contributed by atoms with Crippen LogP contribution in [0, 0.1) is 11.8 Å². The Kier molecular flexibility index (Phi) is 5.61. The molecule has 0 amide bonds. The van der Waals surface area contributed by atoms with E-state index in [1.165, 1.54) is 0 Å². The summed E-state index contributed by atoms with van der Waals surface area (Å²) in [4.78, 5) is 9.30. The average molecular weight is 311 g/mol. The highest BCUT2D eigenvalue weighted by Crippen LogP contribution is 2.41. The summed E-state index contributed by atoms with van der Waals surface area (Å²) < 4.78 is 6.14. The van der Waals surface area contributed by atoms with Crippen molar-refractivity contribution in [2.24, 2.45) is 11.8 Å². The zero-order valence-corrected chi connectivity index (χ0v) is 14.4. The number of hydrogen-bond acceptors (Lipinski definition) is 3. The molecule has 3 nitrogen and oxygen atoms in total. The molecule has 21 heavy (non-hydrogen) atoms. The summed E-state index contributed by atoms with van der Waals surface area (Å²) in [6.07, 6.45) is 5.23. The second kappa shape index (κ2) is 7.06. The van der Waals surface area contributed by atoms with E-state index < -0.39 is 0 Å². The molecule has 1 fully saturated rings. The molecule has 1 aliphatic carbocycles. The van der Waals surface area contributed by atoms with Gasteiger partial charge in [-0.1, -0.05) is 32.4 Å². The summed E-state index contributed by atoms with van der Waals surface area (Å²) in [5.74, 6) is 2.10. The molecule has 0 saturated heterocycles. The second-order valence-corrected chi connectivity index (χ2v) is 7.10. The first kappa shape index (κ1) is 16.7. The van der Waals surface area contributed by atoms with Gasteiger partial charge in [-0.05, 0) is 56.9 Å². The Balaban J connectivity index is 2.33. The maximum Gasteiger partial charge on any atom is 0.162 e. The lowest BCUT2D eigenvalue weighted by molar-refractivity contribution is -0.0838. The number of ether oxygens (including phenoxy) is 1. The number of rotatable bonds is 5. The van der Waals surface area contributed by atoms with Crippen molar-refractivity contribution in [1.29, 1.82) is 0 Å². The van der Waals surface area contributed by atoms with Gasteiger partial charge in [0.1, 0.15) is 10.8 Å². The maximum absolute atomic E-state index is 6.24. The van der Waals surface area contributed by atoms with Crippen molar-refractivity contribution < 1.29 is 4.74 Å². The lowest BCUT2D eigenvalue weighted by atomic mass is 9.78. The van der Waals surface area contributed by atoms with Crippen molar-refractivity contribution in [2.45, 2.75) is 65.4 Å². The number of halogens is 1. The van der Waals surface area contributed by atoms with Crippen LogP contribution < -0.4 is 0 Å². The summed E-state index contributed by atoms with van der Waals surface area (Å²) in [7, 11) is 0. The molecule has 1 aromatic rings. The highest BCUT2D eigenvalue weighted by molar-refractivity contribution is 6.29. The van der Waals surface area contributed by atoms with Gasteiger partial charge in [0.15, 0.2) is 5.82 Å². The van der Waals surface area contributed by atoms with Gasteiger partial charge in [0.2, 0.25) is 0 Å². The topological polar surface area (TPSA) is 35.0 Å². The van der Waals surface area contributed by atoms with Crippen LogP contribution in [0.4, 0.5) is 0 Å². The van der Waals surface area contributed by atoms with E-state index in [0.717, 1.165) is 49.5 Å². The molecule has 0 N–H and O–H groups in total. The molecular formula is C17H27ClN2O. The Morgan fingerprint density at radius 1 is 1.33 bits per heavy atom. The van der Waals surface area contributed by atoms with Gasteiger partial charge in [-0.2, -0.15) is 0 Å². The summed E-state index contributed by atoms with van der Waals surface area (Å²) in [6.45, 7) is 9.41. The van der Waals surface area contributed by atoms with Crippen molar-refractivity contribution >= 4 is 11.6 Å². The van der Waals surface area contributed by atoms with Gasteiger partial charge >= 0.3 is 0 Å². The lowest BCUT2D eigenvalue weighted by Crippen LogP contribution is -2.36. The van der Waals surface area contributed by atoms with Crippen LogP contribution in [0.5, 0.6) is 0 Å². The maximum atomic E-state index is 6.24. The molecule has 1 saturated carbocycles. The fourth-order valence-corrected chi connectivity index (χ4v) is 3.33. The van der Waals surface area contributed by atoms with E-state index in [-0.39, 0.29) is 5.60 Å². The minimum absolute atomic E-state index is 0.335. The van der Waals surface area contributed by atoms with Gasteiger partial charge in [0, 0.05) is 12.3 Å². The van der Waals surface area contributed by atoms with E-state index in [1.54, 1.807) is 0 Å². The molecule has 0 bridgehead atoms. The van der Waals surface area contributed by atoms with Crippen molar-refractivity contribution in [3.8, 4) is 0 Å². The third-order valence-electron chi connectivity index (χ3n) is 4.28. The monoisotopic (exact) mass is 310 g/mol. The van der Waals surface area contributed by atoms with E-state index in [9.17, 15) is 0 Å². The Morgan fingerprint density at radius 2 is 2.00 bits per heavy atom. The predicted octanol–water partition coefficient (Wildman–Crippen LogP) is 4.77. The van der Waals surface area contributed by atoms with Gasteiger partial charge in [0.25, 0.3) is 0 Å². The van der Waals surface area contributed by atoms with E-state index in [0.29, 0.717) is 17.7 Å². The van der Waals surface area contributed by atoms with Crippen LogP contribution in [0.25, 0.3) is 0 Å². The number of hydrogen-bond donors (Lipinski definition) is 0. The van der Waals surface area contributed by atoms with Crippen LogP contribution in [-0.4, -0.2) is 16.6 Å². The molecule has 0 radical (unpaired) electrons. The van der Waals surface area contributed by atoms with Crippen LogP contribution >= 0.6 is 11.6 Å². The first-order valence-electron chi connectivity index (χ1n) is 8.13. The van der Waals surface area contributed by atoms with Crippen LogP contribution in [0.1, 0.15) is 64.9 Å². The zero-order valence-electron chi connectivity index (χ0n) is 13.7. The van der Waals surface area contributed by atoms with Crippen molar-refractivity contribution in [1.82, 2.24) is 9.97 Å². The fraction of sp³-hybridized carbons (Fsp3) is 0.765. The number of nitrogens with zero attached hydrogens (tertiary/aromatic N) is 2. The zero-order chi connectivity index (χ0) is 15.5. The first-order chi connectivity index (χ1) is 9.95. The Labute approximate surface area is 133 Å². The third-order valence-corrected chi connectivity index (χ3v) is 4.47. The molecule has 0 aliphatic heterocycles. The quantitative estimate of drug-likeness (QED) is 0.735. The molecule has 0 spiro atoms. The normalized spacial score (nSPS) is 26.3. The van der Waals surface area contributed by atoms with Crippen molar-refractivity contribution in [3.05, 3.63) is 22.7 Å². The van der Waals surface area contributed by atoms with Crippen LogP contribution in [0.3, 0.4) is 0 Å².